The van der Waals surface area contributed by atoms with E-state index in [1.54, 1.807) is 12.3 Å². The second-order valence-electron chi connectivity index (χ2n) is 5.06. The van der Waals surface area contributed by atoms with E-state index >= 15 is 0 Å². The zero-order valence-corrected chi connectivity index (χ0v) is 12.3. The van der Waals surface area contributed by atoms with Crippen molar-refractivity contribution in [2.24, 2.45) is 0 Å². The quantitative estimate of drug-likeness (QED) is 0.474. The first-order chi connectivity index (χ1) is 11.1. The van der Waals surface area contributed by atoms with Crippen molar-refractivity contribution in [3.8, 4) is 11.6 Å². The molecule has 0 atom stereocenters. The van der Waals surface area contributed by atoms with E-state index in [0.29, 0.717) is 11.8 Å². The topological polar surface area (TPSA) is 104 Å². The van der Waals surface area contributed by atoms with Crippen LogP contribution in [0, 0.1) is 10.1 Å². The standard InChI is InChI=1S/C15H13N3O5/c1-22-15(19)11-8-10(4-5-12(11)18(20)21)23-13-6-7-16-14(17-13)9-2-3-9/h4-9H,2-3H2,1H3. The van der Waals surface area contributed by atoms with Crippen LogP contribution in [0.25, 0.3) is 0 Å². The zero-order chi connectivity index (χ0) is 16.4. The van der Waals surface area contributed by atoms with Gasteiger partial charge in [-0.05, 0) is 18.9 Å². The SMILES string of the molecule is COC(=O)c1cc(Oc2ccnc(C3CC3)n2)ccc1[N+](=O)[O-]. The van der Waals surface area contributed by atoms with Crippen LogP contribution in [0.2, 0.25) is 0 Å². The molecular weight excluding hydrogens is 302 g/mol. The molecule has 8 heteroatoms. The molecule has 1 aromatic carbocycles. The van der Waals surface area contributed by atoms with Crippen molar-refractivity contribution in [3.05, 3.63) is 52.0 Å². The second-order valence-corrected chi connectivity index (χ2v) is 5.06. The largest absolute Gasteiger partial charge is 0.465 e. The number of nitro benzene ring substituents is 1. The van der Waals surface area contributed by atoms with Gasteiger partial charge in [0.2, 0.25) is 5.88 Å². The van der Waals surface area contributed by atoms with Crippen LogP contribution in [0.3, 0.4) is 0 Å². The van der Waals surface area contributed by atoms with Crippen molar-refractivity contribution >= 4 is 11.7 Å². The fraction of sp³-hybridized carbons (Fsp3) is 0.267. The third-order valence-electron chi connectivity index (χ3n) is 3.38. The van der Waals surface area contributed by atoms with E-state index in [0.717, 1.165) is 25.8 Å². The lowest BCUT2D eigenvalue weighted by molar-refractivity contribution is -0.385. The van der Waals surface area contributed by atoms with Gasteiger partial charge in [0.15, 0.2) is 0 Å². The number of rotatable bonds is 5. The van der Waals surface area contributed by atoms with Gasteiger partial charge in [-0.3, -0.25) is 10.1 Å². The van der Waals surface area contributed by atoms with E-state index in [-0.39, 0.29) is 17.0 Å². The van der Waals surface area contributed by atoms with Gasteiger partial charge in [-0.2, -0.15) is 4.98 Å². The molecule has 1 aromatic heterocycles. The number of aromatic nitrogens is 2. The van der Waals surface area contributed by atoms with E-state index in [1.165, 1.54) is 18.2 Å². The highest BCUT2D eigenvalue weighted by Crippen LogP contribution is 2.38. The Hall–Kier alpha value is -3.03. The van der Waals surface area contributed by atoms with Crippen molar-refractivity contribution in [2.75, 3.05) is 7.11 Å². The first kappa shape index (κ1) is 14.9. The maximum absolute atomic E-state index is 11.7. The molecule has 118 valence electrons. The summed E-state index contributed by atoms with van der Waals surface area (Å²) in [4.78, 5) is 30.5. The van der Waals surface area contributed by atoms with Crippen molar-refractivity contribution in [2.45, 2.75) is 18.8 Å². The van der Waals surface area contributed by atoms with E-state index in [2.05, 4.69) is 14.7 Å². The van der Waals surface area contributed by atoms with Gasteiger partial charge < -0.3 is 9.47 Å². The Morgan fingerprint density at radius 2 is 2.13 bits per heavy atom. The van der Waals surface area contributed by atoms with Crippen LogP contribution in [-0.2, 0) is 4.74 Å². The summed E-state index contributed by atoms with van der Waals surface area (Å²) in [6.45, 7) is 0. The van der Waals surface area contributed by atoms with Gasteiger partial charge in [-0.15, -0.1) is 0 Å². The van der Waals surface area contributed by atoms with Gasteiger partial charge in [0.1, 0.15) is 17.1 Å². The van der Waals surface area contributed by atoms with Crippen molar-refractivity contribution in [1.82, 2.24) is 9.97 Å². The van der Waals surface area contributed by atoms with Crippen LogP contribution >= 0.6 is 0 Å². The van der Waals surface area contributed by atoms with Crippen LogP contribution in [-0.4, -0.2) is 28.0 Å². The first-order valence-electron chi connectivity index (χ1n) is 6.96. The lowest BCUT2D eigenvalue weighted by atomic mass is 10.1. The Kier molecular flexibility index (Phi) is 3.88. The summed E-state index contributed by atoms with van der Waals surface area (Å²) in [6, 6.07) is 5.46. The molecule has 2 aromatic rings. The monoisotopic (exact) mass is 315 g/mol. The highest BCUT2D eigenvalue weighted by atomic mass is 16.6. The minimum atomic E-state index is -0.802. The molecule has 8 nitrogen and oxygen atoms in total. The van der Waals surface area contributed by atoms with Gasteiger partial charge in [-0.1, -0.05) is 0 Å². The van der Waals surface area contributed by atoms with Gasteiger partial charge in [0, 0.05) is 30.3 Å². The average Bonchev–Trinajstić information content (AvgIpc) is 3.39. The van der Waals surface area contributed by atoms with E-state index in [1.807, 2.05) is 0 Å². The maximum atomic E-state index is 11.7. The number of carbonyl (C=O) groups excluding carboxylic acids is 1. The zero-order valence-electron chi connectivity index (χ0n) is 12.3. The Bertz CT molecular complexity index is 773. The summed E-state index contributed by atoms with van der Waals surface area (Å²) in [5.41, 5.74) is -0.517. The number of esters is 1. The van der Waals surface area contributed by atoms with Gasteiger partial charge in [0.05, 0.1) is 12.0 Å². The summed E-state index contributed by atoms with van der Waals surface area (Å²) in [5.74, 6) is 0.880. The number of carbonyl (C=O) groups is 1. The number of nitrogens with zero attached hydrogens (tertiary/aromatic N) is 3. The number of hydrogen-bond donors (Lipinski definition) is 0. The minimum absolute atomic E-state index is 0.175. The fourth-order valence-corrected chi connectivity index (χ4v) is 2.08. The summed E-state index contributed by atoms with van der Waals surface area (Å²) in [5, 5.41) is 11.0. The molecule has 1 aliphatic rings. The van der Waals surface area contributed by atoms with Crippen molar-refractivity contribution in [3.63, 3.8) is 0 Å². The molecule has 1 aliphatic carbocycles. The Labute approximate surface area is 131 Å². The van der Waals surface area contributed by atoms with E-state index in [9.17, 15) is 14.9 Å². The number of methoxy groups -OCH3 is 1. The molecule has 0 aliphatic heterocycles. The maximum Gasteiger partial charge on any atom is 0.345 e. The molecule has 23 heavy (non-hydrogen) atoms. The molecule has 0 bridgehead atoms. The van der Waals surface area contributed by atoms with Gasteiger partial charge in [-0.25, -0.2) is 9.78 Å². The molecule has 1 saturated carbocycles. The smallest absolute Gasteiger partial charge is 0.345 e. The summed E-state index contributed by atoms with van der Waals surface area (Å²) in [7, 11) is 1.16. The number of hydrogen-bond acceptors (Lipinski definition) is 7. The van der Waals surface area contributed by atoms with E-state index in [4.69, 9.17) is 4.74 Å². The van der Waals surface area contributed by atoms with Crippen LogP contribution in [0.1, 0.15) is 34.9 Å². The highest BCUT2D eigenvalue weighted by molar-refractivity contribution is 5.94. The normalized spacial score (nSPS) is 13.4. The van der Waals surface area contributed by atoms with Crippen molar-refractivity contribution in [1.29, 1.82) is 0 Å². The van der Waals surface area contributed by atoms with Crippen LogP contribution in [0.5, 0.6) is 11.6 Å². The van der Waals surface area contributed by atoms with Crippen LogP contribution < -0.4 is 4.74 Å². The molecule has 0 N–H and O–H groups in total. The molecule has 0 saturated heterocycles. The fourth-order valence-electron chi connectivity index (χ4n) is 2.08. The molecule has 0 unspecified atom stereocenters. The molecule has 0 amide bonds. The number of benzene rings is 1. The predicted octanol–water partition coefficient (Wildman–Crippen LogP) is 2.84. The van der Waals surface area contributed by atoms with Gasteiger partial charge >= 0.3 is 5.97 Å². The summed E-state index contributed by atoms with van der Waals surface area (Å²) < 4.78 is 10.2. The first-order valence-corrected chi connectivity index (χ1v) is 6.96. The lowest BCUT2D eigenvalue weighted by Crippen LogP contribution is -2.06. The third kappa shape index (κ3) is 3.25. The van der Waals surface area contributed by atoms with Crippen LogP contribution in [0.4, 0.5) is 5.69 Å². The highest BCUT2D eigenvalue weighted by Gasteiger charge is 2.27. The molecule has 0 spiro atoms. The molecule has 0 radical (unpaired) electrons. The molecule has 3 rings (SSSR count). The lowest BCUT2D eigenvalue weighted by Gasteiger charge is -2.07. The second kappa shape index (κ2) is 5.99. The number of ether oxygens (including phenoxy) is 2. The molecule has 1 fully saturated rings. The van der Waals surface area contributed by atoms with E-state index < -0.39 is 10.9 Å². The van der Waals surface area contributed by atoms with Gasteiger partial charge in [0.25, 0.3) is 5.69 Å². The average molecular weight is 315 g/mol. The third-order valence-corrected chi connectivity index (χ3v) is 3.38. The summed E-state index contributed by atoms with van der Waals surface area (Å²) in [6.07, 6.45) is 3.73. The predicted molar refractivity (Wildman–Crippen MR) is 78.5 cm³/mol. The summed E-state index contributed by atoms with van der Waals surface area (Å²) >= 11 is 0. The molecule has 1 heterocycles. The van der Waals surface area contributed by atoms with Crippen LogP contribution in [0.15, 0.2) is 30.5 Å². The number of nitro groups is 1. The molecular formula is C15H13N3O5. The Morgan fingerprint density at radius 3 is 2.78 bits per heavy atom. The Balaban J connectivity index is 1.89. The minimum Gasteiger partial charge on any atom is -0.465 e. The van der Waals surface area contributed by atoms with Crippen molar-refractivity contribution < 1.29 is 19.2 Å². The Morgan fingerprint density at radius 1 is 1.35 bits per heavy atom.